The molecular weight excluding hydrogens is 288 g/mol. The van der Waals surface area contributed by atoms with Crippen molar-refractivity contribution in [2.45, 2.75) is 18.6 Å². The molecule has 0 bridgehead atoms. The second-order valence-corrected chi connectivity index (χ2v) is 3.22. The summed E-state index contributed by atoms with van der Waals surface area (Å²) in [6, 6.07) is -1.82. The van der Waals surface area contributed by atoms with Crippen molar-refractivity contribution in [2.75, 3.05) is 0 Å². The fourth-order valence-corrected chi connectivity index (χ4v) is 1.29. The zero-order chi connectivity index (χ0) is 13.4. The Kier molecular flexibility index (Phi) is 5.30. The highest BCUT2D eigenvalue weighted by Gasteiger charge is 2.38. The average molecular weight is 296 g/mol. The molecule has 1 aromatic rings. The van der Waals surface area contributed by atoms with Crippen molar-refractivity contribution >= 4 is 12.4 Å². The topological polar surface area (TPSA) is 46.2 Å². The van der Waals surface area contributed by atoms with E-state index in [9.17, 15) is 26.3 Å². The predicted molar refractivity (Wildman–Crippen MR) is 53.2 cm³/mol. The second kappa shape index (κ2) is 5.66. The lowest BCUT2D eigenvalue weighted by Gasteiger charge is -2.19. The van der Waals surface area contributed by atoms with Crippen LogP contribution in [0.15, 0.2) is 12.1 Å². The van der Waals surface area contributed by atoms with Crippen molar-refractivity contribution in [3.8, 4) is 5.75 Å². The molecule has 0 heterocycles. The fraction of sp³-hybridized carbons (Fsp3) is 0.333. The molecule has 0 aliphatic rings. The van der Waals surface area contributed by atoms with Crippen molar-refractivity contribution in [2.24, 2.45) is 5.73 Å². The van der Waals surface area contributed by atoms with Crippen molar-refractivity contribution < 1.29 is 31.4 Å². The van der Waals surface area contributed by atoms with Crippen LogP contribution in [0.25, 0.3) is 0 Å². The van der Waals surface area contributed by atoms with Crippen LogP contribution in [0.5, 0.6) is 5.75 Å². The number of rotatable bonds is 2. The molecule has 0 radical (unpaired) electrons. The maximum Gasteiger partial charge on any atom is 0.416 e. The first-order chi connectivity index (χ1) is 7.66. The largest absolute Gasteiger partial charge is 0.505 e. The van der Waals surface area contributed by atoms with Crippen LogP contribution in [0.3, 0.4) is 0 Å². The maximum absolute atomic E-state index is 12.9. The molecule has 0 aliphatic carbocycles. The van der Waals surface area contributed by atoms with E-state index in [2.05, 4.69) is 0 Å². The summed E-state index contributed by atoms with van der Waals surface area (Å²) in [6.45, 7) is 0. The van der Waals surface area contributed by atoms with E-state index in [1.54, 1.807) is 0 Å². The Morgan fingerprint density at radius 1 is 1.17 bits per heavy atom. The van der Waals surface area contributed by atoms with E-state index >= 15 is 0 Å². The number of halogens is 7. The predicted octanol–water partition coefficient (Wildman–Crippen LogP) is 3.24. The van der Waals surface area contributed by atoms with Gasteiger partial charge in [0, 0.05) is 5.56 Å². The first-order valence-electron chi connectivity index (χ1n) is 4.28. The second-order valence-electron chi connectivity index (χ2n) is 3.22. The van der Waals surface area contributed by atoms with Crippen molar-refractivity contribution in [1.29, 1.82) is 0 Å². The summed E-state index contributed by atoms with van der Waals surface area (Å²) in [4.78, 5) is 0. The maximum atomic E-state index is 12.9. The molecule has 3 N–H and O–H groups in total. The first-order valence-corrected chi connectivity index (χ1v) is 4.28. The SMILES string of the molecule is Cl.N[C@H](c1c(C(F)(F)F)ccc(F)c1O)C(F)F. The van der Waals surface area contributed by atoms with Gasteiger partial charge >= 0.3 is 6.18 Å². The minimum absolute atomic E-state index is 0. The van der Waals surface area contributed by atoms with Gasteiger partial charge in [0.15, 0.2) is 11.6 Å². The lowest BCUT2D eigenvalue weighted by molar-refractivity contribution is -0.138. The molecule has 1 rings (SSSR count). The van der Waals surface area contributed by atoms with Gasteiger partial charge in [-0.05, 0) is 12.1 Å². The van der Waals surface area contributed by atoms with Crippen molar-refractivity contribution in [3.05, 3.63) is 29.1 Å². The van der Waals surface area contributed by atoms with Crippen molar-refractivity contribution in [1.82, 2.24) is 0 Å². The molecule has 104 valence electrons. The first kappa shape index (κ1) is 16.9. The average Bonchev–Trinajstić information content (AvgIpc) is 2.19. The van der Waals surface area contributed by atoms with E-state index in [0.717, 1.165) is 0 Å². The van der Waals surface area contributed by atoms with E-state index in [0.29, 0.717) is 6.07 Å². The molecular formula is C9H8ClF6NO. The molecule has 18 heavy (non-hydrogen) atoms. The molecule has 0 fully saturated rings. The minimum atomic E-state index is -5.01. The number of nitrogens with two attached hydrogens (primary N) is 1. The molecule has 0 spiro atoms. The quantitative estimate of drug-likeness (QED) is 0.823. The molecule has 1 atom stereocenters. The Morgan fingerprint density at radius 3 is 2.06 bits per heavy atom. The summed E-state index contributed by atoms with van der Waals surface area (Å²) in [5.41, 5.74) is 1.91. The van der Waals surface area contributed by atoms with Gasteiger partial charge < -0.3 is 10.8 Å². The lowest BCUT2D eigenvalue weighted by Crippen LogP contribution is -2.23. The summed E-state index contributed by atoms with van der Waals surface area (Å²) in [5, 5.41) is 9.07. The van der Waals surface area contributed by atoms with E-state index in [4.69, 9.17) is 10.8 Å². The fourth-order valence-electron chi connectivity index (χ4n) is 1.29. The summed E-state index contributed by atoms with van der Waals surface area (Å²) in [7, 11) is 0. The van der Waals surface area contributed by atoms with Crippen LogP contribution >= 0.6 is 12.4 Å². The number of benzene rings is 1. The van der Waals surface area contributed by atoms with E-state index < -0.39 is 41.3 Å². The molecule has 0 aromatic heterocycles. The number of phenolic OH excluding ortho intramolecular Hbond substituents is 1. The van der Waals surface area contributed by atoms with Crippen LogP contribution in [-0.2, 0) is 6.18 Å². The highest BCUT2D eigenvalue weighted by Crippen LogP contribution is 2.40. The third-order valence-corrected chi connectivity index (χ3v) is 2.08. The van der Waals surface area contributed by atoms with Gasteiger partial charge in [0.05, 0.1) is 11.6 Å². The van der Waals surface area contributed by atoms with Gasteiger partial charge in [0.2, 0.25) is 0 Å². The molecule has 0 saturated heterocycles. The van der Waals surface area contributed by atoms with E-state index in [-0.39, 0.29) is 18.5 Å². The zero-order valence-electron chi connectivity index (χ0n) is 8.51. The van der Waals surface area contributed by atoms with Gasteiger partial charge in [0.1, 0.15) is 0 Å². The molecule has 0 saturated carbocycles. The standard InChI is InChI=1S/C9H7F6NO.ClH/c10-4-2-1-3(9(13,14)15)5(7(4)17)6(16)8(11)12;/h1-2,6,8,17H,16H2;1H/t6-;/m1./s1. The van der Waals surface area contributed by atoms with Gasteiger partial charge in [-0.15, -0.1) is 12.4 Å². The minimum Gasteiger partial charge on any atom is -0.505 e. The number of phenols is 1. The smallest absolute Gasteiger partial charge is 0.416 e. The Labute approximate surface area is 104 Å². The Balaban J connectivity index is 0.00000289. The van der Waals surface area contributed by atoms with Crippen LogP contribution in [0, 0.1) is 5.82 Å². The Bertz CT molecular complexity index is 422. The zero-order valence-corrected chi connectivity index (χ0v) is 9.33. The Morgan fingerprint density at radius 2 is 1.67 bits per heavy atom. The number of aromatic hydroxyl groups is 1. The number of hydrogen-bond acceptors (Lipinski definition) is 2. The highest BCUT2D eigenvalue weighted by atomic mass is 35.5. The third-order valence-electron chi connectivity index (χ3n) is 2.08. The molecule has 0 aliphatic heterocycles. The molecule has 1 aromatic carbocycles. The number of hydrogen-bond donors (Lipinski definition) is 2. The summed E-state index contributed by atoms with van der Waals surface area (Å²) < 4.78 is 74.7. The van der Waals surface area contributed by atoms with Gasteiger partial charge in [-0.25, -0.2) is 13.2 Å². The van der Waals surface area contributed by atoms with E-state index in [1.807, 2.05) is 0 Å². The van der Waals surface area contributed by atoms with Gasteiger partial charge in [-0.1, -0.05) is 0 Å². The van der Waals surface area contributed by atoms with Gasteiger partial charge in [-0.3, -0.25) is 0 Å². The normalized spacial score (nSPS) is 13.3. The molecule has 0 unspecified atom stereocenters. The molecule has 9 heteroatoms. The Hall–Kier alpha value is -1.15. The molecule has 0 amide bonds. The summed E-state index contributed by atoms with van der Waals surface area (Å²) >= 11 is 0. The van der Waals surface area contributed by atoms with E-state index in [1.165, 1.54) is 0 Å². The van der Waals surface area contributed by atoms with Crippen LogP contribution in [0.2, 0.25) is 0 Å². The lowest BCUT2D eigenvalue weighted by atomic mass is 9.99. The molecule has 2 nitrogen and oxygen atoms in total. The van der Waals surface area contributed by atoms with Crippen LogP contribution in [-0.4, -0.2) is 11.5 Å². The summed E-state index contributed by atoms with van der Waals surface area (Å²) in [5.74, 6) is -2.95. The van der Waals surface area contributed by atoms with Gasteiger partial charge in [-0.2, -0.15) is 13.2 Å². The highest BCUT2D eigenvalue weighted by molar-refractivity contribution is 5.85. The monoisotopic (exact) mass is 295 g/mol. The van der Waals surface area contributed by atoms with Crippen LogP contribution in [0.1, 0.15) is 17.2 Å². The van der Waals surface area contributed by atoms with Crippen molar-refractivity contribution in [3.63, 3.8) is 0 Å². The van der Waals surface area contributed by atoms with Gasteiger partial charge in [0.25, 0.3) is 6.43 Å². The number of alkyl halides is 5. The van der Waals surface area contributed by atoms with Crippen LogP contribution < -0.4 is 5.73 Å². The van der Waals surface area contributed by atoms with Crippen LogP contribution in [0.4, 0.5) is 26.3 Å². The summed E-state index contributed by atoms with van der Waals surface area (Å²) in [6.07, 6.45) is -8.36. The third kappa shape index (κ3) is 3.20.